The first-order valence-electron chi connectivity index (χ1n) is 5.34. The van der Waals surface area contributed by atoms with Gasteiger partial charge in [-0.1, -0.05) is 20.8 Å². The quantitative estimate of drug-likeness (QED) is 0.875. The van der Waals surface area contributed by atoms with Gasteiger partial charge in [-0.2, -0.15) is 0 Å². The molecule has 0 radical (unpaired) electrons. The molecule has 0 fully saturated rings. The average Bonchev–Trinajstić information content (AvgIpc) is 2.16. The predicted octanol–water partition coefficient (Wildman–Crippen LogP) is 2.92. The molecule has 0 spiro atoms. The Morgan fingerprint density at radius 1 is 1.35 bits per heavy atom. The van der Waals surface area contributed by atoms with Crippen molar-refractivity contribution in [3.63, 3.8) is 0 Å². The lowest BCUT2D eigenvalue weighted by Crippen LogP contribution is -2.19. The van der Waals surface area contributed by atoms with Crippen LogP contribution in [0.1, 0.15) is 27.2 Å². The van der Waals surface area contributed by atoms with E-state index < -0.39 is 0 Å². The minimum atomic E-state index is 0. The Morgan fingerprint density at radius 3 is 2.41 bits per heavy atom. The van der Waals surface area contributed by atoms with Crippen LogP contribution >= 0.6 is 12.4 Å². The maximum Gasteiger partial charge on any atom is 0.224 e. The van der Waals surface area contributed by atoms with Gasteiger partial charge in [0.2, 0.25) is 5.91 Å². The Kier molecular flexibility index (Phi) is 5.96. The molecule has 4 nitrogen and oxygen atoms in total. The van der Waals surface area contributed by atoms with Crippen molar-refractivity contribution in [3.8, 4) is 0 Å². The van der Waals surface area contributed by atoms with E-state index >= 15 is 0 Å². The molecule has 0 aromatic carbocycles. The van der Waals surface area contributed by atoms with Gasteiger partial charge in [-0.05, 0) is 17.5 Å². The van der Waals surface area contributed by atoms with E-state index in [0.717, 1.165) is 11.5 Å². The maximum absolute atomic E-state index is 11.6. The van der Waals surface area contributed by atoms with Gasteiger partial charge in [0.1, 0.15) is 5.82 Å². The minimum Gasteiger partial charge on any atom is -0.373 e. The third-order valence-electron chi connectivity index (χ3n) is 1.99. The van der Waals surface area contributed by atoms with Crippen LogP contribution in [-0.2, 0) is 4.79 Å². The van der Waals surface area contributed by atoms with Crippen LogP contribution in [0, 0.1) is 5.41 Å². The molecule has 0 saturated carbocycles. The second-order valence-corrected chi connectivity index (χ2v) is 4.97. The number of carbonyl (C=O) groups is 1. The van der Waals surface area contributed by atoms with Crippen LogP contribution in [0.3, 0.4) is 0 Å². The molecule has 2 N–H and O–H groups in total. The van der Waals surface area contributed by atoms with E-state index in [-0.39, 0.29) is 23.7 Å². The summed E-state index contributed by atoms with van der Waals surface area (Å²) >= 11 is 0. The third kappa shape index (κ3) is 6.12. The monoisotopic (exact) mass is 257 g/mol. The van der Waals surface area contributed by atoms with Crippen LogP contribution in [-0.4, -0.2) is 17.9 Å². The van der Waals surface area contributed by atoms with E-state index in [1.165, 1.54) is 0 Å². The molecule has 0 aliphatic heterocycles. The van der Waals surface area contributed by atoms with E-state index in [0.29, 0.717) is 6.42 Å². The fourth-order valence-corrected chi connectivity index (χ4v) is 1.30. The highest BCUT2D eigenvalue weighted by Gasteiger charge is 2.15. The minimum absolute atomic E-state index is 0. The number of pyridine rings is 1. The molecule has 1 heterocycles. The number of nitrogens with one attached hydrogen (secondary N) is 2. The van der Waals surface area contributed by atoms with Gasteiger partial charge in [-0.25, -0.2) is 4.98 Å². The lowest BCUT2D eigenvalue weighted by atomic mass is 9.92. The van der Waals surface area contributed by atoms with Gasteiger partial charge in [-0.15, -0.1) is 12.4 Å². The van der Waals surface area contributed by atoms with Crippen molar-refractivity contribution >= 4 is 29.8 Å². The molecule has 96 valence electrons. The lowest BCUT2D eigenvalue weighted by Gasteiger charge is -2.17. The molecule has 5 heteroatoms. The molecule has 1 aromatic heterocycles. The summed E-state index contributed by atoms with van der Waals surface area (Å²) in [7, 11) is 1.81. The molecule has 0 aliphatic rings. The van der Waals surface area contributed by atoms with Crippen molar-refractivity contribution in [2.24, 2.45) is 5.41 Å². The van der Waals surface area contributed by atoms with Crippen molar-refractivity contribution in [3.05, 3.63) is 18.3 Å². The van der Waals surface area contributed by atoms with Crippen molar-refractivity contribution in [2.45, 2.75) is 27.2 Å². The highest BCUT2D eigenvalue weighted by Crippen LogP contribution is 2.19. The summed E-state index contributed by atoms with van der Waals surface area (Å²) in [6, 6.07) is 3.66. The van der Waals surface area contributed by atoms with E-state index in [1.54, 1.807) is 13.2 Å². The summed E-state index contributed by atoms with van der Waals surface area (Å²) in [5.74, 6) is 0.806. The van der Waals surface area contributed by atoms with E-state index in [2.05, 4.69) is 15.6 Å². The molecule has 1 rings (SSSR count). The van der Waals surface area contributed by atoms with Gasteiger partial charge in [0.05, 0.1) is 11.9 Å². The Bertz CT molecular complexity index is 357. The number of nitrogens with zero attached hydrogens (tertiary/aromatic N) is 1. The number of aromatic nitrogens is 1. The first-order valence-corrected chi connectivity index (χ1v) is 5.34. The van der Waals surface area contributed by atoms with Crippen molar-refractivity contribution in [1.29, 1.82) is 0 Å². The zero-order valence-electron chi connectivity index (χ0n) is 10.7. The van der Waals surface area contributed by atoms with Crippen LogP contribution in [0.15, 0.2) is 18.3 Å². The summed E-state index contributed by atoms with van der Waals surface area (Å²) in [5, 5.41) is 5.74. The molecule has 0 aliphatic carbocycles. The summed E-state index contributed by atoms with van der Waals surface area (Å²) in [6.07, 6.45) is 2.15. The molecule has 17 heavy (non-hydrogen) atoms. The maximum atomic E-state index is 11.6. The predicted molar refractivity (Wildman–Crippen MR) is 73.7 cm³/mol. The number of carbonyl (C=O) groups excluding carboxylic acids is 1. The van der Waals surface area contributed by atoms with Gasteiger partial charge in [-0.3, -0.25) is 4.79 Å². The molecule has 1 aromatic rings. The van der Waals surface area contributed by atoms with E-state index in [9.17, 15) is 4.79 Å². The number of amides is 1. The third-order valence-corrected chi connectivity index (χ3v) is 1.99. The van der Waals surface area contributed by atoms with Gasteiger partial charge >= 0.3 is 0 Å². The van der Waals surface area contributed by atoms with Crippen LogP contribution in [0.5, 0.6) is 0 Å². The van der Waals surface area contributed by atoms with Gasteiger partial charge < -0.3 is 10.6 Å². The Labute approximate surface area is 109 Å². The summed E-state index contributed by atoms with van der Waals surface area (Å²) < 4.78 is 0. The summed E-state index contributed by atoms with van der Waals surface area (Å²) in [6.45, 7) is 6.11. The Hall–Kier alpha value is -1.29. The molecule has 1 amide bonds. The zero-order chi connectivity index (χ0) is 12.2. The molecule has 0 saturated heterocycles. The fourth-order valence-electron chi connectivity index (χ4n) is 1.30. The van der Waals surface area contributed by atoms with Gasteiger partial charge in [0.15, 0.2) is 0 Å². The van der Waals surface area contributed by atoms with Crippen molar-refractivity contribution in [2.75, 3.05) is 17.7 Å². The SMILES string of the molecule is CNc1ccc(NC(=O)CC(C)(C)C)cn1.Cl. The first kappa shape index (κ1) is 15.7. The summed E-state index contributed by atoms with van der Waals surface area (Å²) in [5.41, 5.74) is 0.732. The Morgan fingerprint density at radius 2 is 2.00 bits per heavy atom. The number of halogens is 1. The topological polar surface area (TPSA) is 54.0 Å². The highest BCUT2D eigenvalue weighted by molar-refractivity contribution is 5.90. The smallest absolute Gasteiger partial charge is 0.224 e. The second kappa shape index (κ2) is 6.45. The van der Waals surface area contributed by atoms with E-state index in [1.807, 2.05) is 32.9 Å². The van der Waals surface area contributed by atoms with Gasteiger partial charge in [0, 0.05) is 13.5 Å². The highest BCUT2D eigenvalue weighted by atomic mass is 35.5. The molecule has 0 bridgehead atoms. The number of hydrogen-bond donors (Lipinski definition) is 2. The van der Waals surface area contributed by atoms with E-state index in [4.69, 9.17) is 0 Å². The summed E-state index contributed by atoms with van der Waals surface area (Å²) in [4.78, 5) is 15.7. The average molecular weight is 258 g/mol. The number of hydrogen-bond acceptors (Lipinski definition) is 3. The van der Waals surface area contributed by atoms with Crippen molar-refractivity contribution in [1.82, 2.24) is 4.98 Å². The molecular formula is C12H20ClN3O. The molecule has 0 unspecified atom stereocenters. The van der Waals surface area contributed by atoms with Crippen LogP contribution in [0.25, 0.3) is 0 Å². The zero-order valence-corrected chi connectivity index (χ0v) is 11.5. The van der Waals surface area contributed by atoms with Crippen LogP contribution in [0.4, 0.5) is 11.5 Å². The number of rotatable bonds is 3. The van der Waals surface area contributed by atoms with Crippen LogP contribution < -0.4 is 10.6 Å². The van der Waals surface area contributed by atoms with Crippen molar-refractivity contribution < 1.29 is 4.79 Å². The second-order valence-electron chi connectivity index (χ2n) is 4.97. The van der Waals surface area contributed by atoms with Crippen LogP contribution in [0.2, 0.25) is 0 Å². The standard InChI is InChI=1S/C12H19N3O.ClH/c1-12(2,3)7-11(16)15-9-5-6-10(13-4)14-8-9;/h5-6,8H,7H2,1-4H3,(H,13,14)(H,15,16);1H. The normalized spacial score (nSPS) is 10.4. The fraction of sp³-hybridized carbons (Fsp3) is 0.500. The lowest BCUT2D eigenvalue weighted by molar-refractivity contribution is -0.117. The van der Waals surface area contributed by atoms with Gasteiger partial charge in [0.25, 0.3) is 0 Å². The molecule has 0 atom stereocenters. The largest absolute Gasteiger partial charge is 0.373 e. The molecular weight excluding hydrogens is 238 g/mol. The Balaban J connectivity index is 0.00000256. The first-order chi connectivity index (χ1) is 7.40. The number of anilines is 2.